The van der Waals surface area contributed by atoms with Crippen molar-refractivity contribution in [3.63, 3.8) is 0 Å². The van der Waals surface area contributed by atoms with Gasteiger partial charge in [-0.05, 0) is 12.3 Å². The molecule has 0 N–H and O–H groups in total. The molecule has 1 aliphatic carbocycles. The molecule has 82 valence electrons. The van der Waals surface area contributed by atoms with Gasteiger partial charge in [-0.1, -0.05) is 57.8 Å². The largest absolute Gasteiger partial charge is 0.373 e. The van der Waals surface area contributed by atoms with Crippen LogP contribution in [0.2, 0.25) is 0 Å². The van der Waals surface area contributed by atoms with E-state index in [1.54, 1.807) is 0 Å². The van der Waals surface area contributed by atoms with Crippen molar-refractivity contribution in [3.05, 3.63) is 0 Å². The summed E-state index contributed by atoms with van der Waals surface area (Å²) in [5.74, 6) is 1.08. The van der Waals surface area contributed by atoms with Crippen molar-refractivity contribution in [1.82, 2.24) is 0 Å². The van der Waals surface area contributed by atoms with Crippen LogP contribution >= 0.6 is 0 Å². The van der Waals surface area contributed by atoms with Gasteiger partial charge in [-0.15, -0.1) is 0 Å². The first kappa shape index (κ1) is 10.5. The Morgan fingerprint density at radius 2 is 1.57 bits per heavy atom. The normalized spacial score (nSPS) is 27.9. The number of hydrogen-bond acceptors (Lipinski definition) is 1. The fraction of sp³-hybridized carbons (Fsp3) is 1.00. The molecule has 0 amide bonds. The summed E-state index contributed by atoms with van der Waals surface area (Å²) >= 11 is 0. The van der Waals surface area contributed by atoms with Crippen LogP contribution in [0.4, 0.5) is 0 Å². The quantitative estimate of drug-likeness (QED) is 0.463. The van der Waals surface area contributed by atoms with E-state index < -0.39 is 0 Å². The molecule has 1 unspecified atom stereocenters. The van der Waals surface area contributed by atoms with Crippen LogP contribution in [0.3, 0.4) is 0 Å². The SMILES string of the molecule is C1CCC(CCCCCC2CO2)CC1. The average Bonchev–Trinajstić information content (AvgIpc) is 3.03. The number of hydrogen-bond donors (Lipinski definition) is 0. The summed E-state index contributed by atoms with van der Waals surface area (Å²) in [5, 5.41) is 0. The third kappa shape index (κ3) is 4.00. The first-order valence-corrected chi connectivity index (χ1v) is 6.57. The second kappa shape index (κ2) is 5.75. The molecule has 1 aliphatic heterocycles. The van der Waals surface area contributed by atoms with Crippen molar-refractivity contribution in [2.24, 2.45) is 5.92 Å². The Bertz CT molecular complexity index is 145. The van der Waals surface area contributed by atoms with E-state index in [1.807, 2.05) is 0 Å². The Hall–Kier alpha value is -0.0400. The molecule has 1 saturated heterocycles. The molecule has 0 aromatic rings. The predicted molar refractivity (Wildman–Crippen MR) is 59.4 cm³/mol. The van der Waals surface area contributed by atoms with Crippen LogP contribution in [0, 0.1) is 5.92 Å². The van der Waals surface area contributed by atoms with Crippen molar-refractivity contribution in [2.75, 3.05) is 6.61 Å². The molecule has 1 heteroatoms. The highest BCUT2D eigenvalue weighted by atomic mass is 16.6. The second-order valence-corrected chi connectivity index (χ2v) is 5.10. The minimum Gasteiger partial charge on any atom is -0.373 e. The van der Waals surface area contributed by atoms with E-state index in [9.17, 15) is 0 Å². The average molecular weight is 196 g/mol. The van der Waals surface area contributed by atoms with Gasteiger partial charge in [0.15, 0.2) is 0 Å². The molecule has 0 bridgehead atoms. The van der Waals surface area contributed by atoms with Gasteiger partial charge in [-0.2, -0.15) is 0 Å². The summed E-state index contributed by atoms with van der Waals surface area (Å²) < 4.78 is 5.21. The Labute approximate surface area is 88.2 Å². The van der Waals surface area contributed by atoms with E-state index in [0.29, 0.717) is 6.10 Å². The molecule has 0 spiro atoms. The summed E-state index contributed by atoms with van der Waals surface area (Å²) in [7, 11) is 0. The molecule has 2 aliphatic rings. The zero-order valence-corrected chi connectivity index (χ0v) is 9.34. The van der Waals surface area contributed by atoms with Crippen LogP contribution in [0.15, 0.2) is 0 Å². The van der Waals surface area contributed by atoms with E-state index >= 15 is 0 Å². The maximum atomic E-state index is 5.21. The highest BCUT2D eigenvalue weighted by Gasteiger charge is 2.21. The highest BCUT2D eigenvalue weighted by molar-refractivity contribution is 4.69. The van der Waals surface area contributed by atoms with Gasteiger partial charge in [0.25, 0.3) is 0 Å². The standard InChI is InChI=1S/C13H24O/c1-3-7-12(8-4-1)9-5-2-6-10-13-11-14-13/h12-13H,1-11H2. The number of ether oxygens (including phenoxy) is 1. The lowest BCUT2D eigenvalue weighted by molar-refractivity contribution is 0.325. The molecular formula is C13H24O. The minimum atomic E-state index is 0.657. The highest BCUT2D eigenvalue weighted by Crippen LogP contribution is 2.28. The molecule has 2 fully saturated rings. The zero-order chi connectivity index (χ0) is 9.64. The molecule has 0 aromatic heterocycles. The number of unbranched alkanes of at least 4 members (excludes halogenated alkanes) is 2. The van der Waals surface area contributed by atoms with E-state index in [-0.39, 0.29) is 0 Å². The lowest BCUT2D eigenvalue weighted by Gasteiger charge is -2.21. The van der Waals surface area contributed by atoms with Crippen LogP contribution in [0.1, 0.15) is 64.2 Å². The van der Waals surface area contributed by atoms with Gasteiger partial charge in [0, 0.05) is 0 Å². The van der Waals surface area contributed by atoms with Crippen molar-refractivity contribution in [3.8, 4) is 0 Å². The summed E-state index contributed by atoms with van der Waals surface area (Å²) in [4.78, 5) is 0. The van der Waals surface area contributed by atoms with E-state index in [2.05, 4.69) is 0 Å². The second-order valence-electron chi connectivity index (χ2n) is 5.10. The first-order chi connectivity index (χ1) is 6.95. The molecule has 0 radical (unpaired) electrons. The Morgan fingerprint density at radius 3 is 2.29 bits per heavy atom. The van der Waals surface area contributed by atoms with Crippen LogP contribution in [0.25, 0.3) is 0 Å². The molecule has 1 saturated carbocycles. The van der Waals surface area contributed by atoms with Gasteiger partial charge in [-0.3, -0.25) is 0 Å². The Kier molecular flexibility index (Phi) is 4.30. The maximum absolute atomic E-state index is 5.21. The van der Waals surface area contributed by atoms with Gasteiger partial charge in [0.05, 0.1) is 12.7 Å². The lowest BCUT2D eigenvalue weighted by atomic mass is 9.85. The Morgan fingerprint density at radius 1 is 0.857 bits per heavy atom. The van der Waals surface area contributed by atoms with Crippen molar-refractivity contribution in [2.45, 2.75) is 70.3 Å². The molecule has 14 heavy (non-hydrogen) atoms. The fourth-order valence-electron chi connectivity index (χ4n) is 2.69. The predicted octanol–water partition coefficient (Wildman–Crippen LogP) is 3.92. The van der Waals surface area contributed by atoms with Crippen LogP contribution < -0.4 is 0 Å². The van der Waals surface area contributed by atoms with Gasteiger partial charge in [0.2, 0.25) is 0 Å². The molecule has 1 atom stereocenters. The third-order valence-electron chi connectivity index (χ3n) is 3.77. The van der Waals surface area contributed by atoms with Crippen LogP contribution in [0.5, 0.6) is 0 Å². The molecule has 0 aromatic carbocycles. The zero-order valence-electron chi connectivity index (χ0n) is 9.34. The van der Waals surface area contributed by atoms with Crippen molar-refractivity contribution >= 4 is 0 Å². The smallest absolute Gasteiger partial charge is 0.0810 e. The van der Waals surface area contributed by atoms with Gasteiger partial charge in [0.1, 0.15) is 0 Å². The minimum absolute atomic E-state index is 0.657. The van der Waals surface area contributed by atoms with E-state index in [4.69, 9.17) is 4.74 Å². The molecule has 2 rings (SSSR count). The van der Waals surface area contributed by atoms with E-state index in [0.717, 1.165) is 12.5 Å². The molecular weight excluding hydrogens is 172 g/mol. The fourth-order valence-corrected chi connectivity index (χ4v) is 2.69. The van der Waals surface area contributed by atoms with Crippen molar-refractivity contribution in [1.29, 1.82) is 0 Å². The topological polar surface area (TPSA) is 12.5 Å². The number of rotatable bonds is 6. The van der Waals surface area contributed by atoms with Gasteiger partial charge in [-0.25, -0.2) is 0 Å². The van der Waals surface area contributed by atoms with Gasteiger partial charge < -0.3 is 4.74 Å². The summed E-state index contributed by atoms with van der Waals surface area (Å²) in [6.45, 7) is 1.04. The summed E-state index contributed by atoms with van der Waals surface area (Å²) in [5.41, 5.74) is 0. The molecule has 1 heterocycles. The lowest BCUT2D eigenvalue weighted by Crippen LogP contribution is -2.05. The Balaban J connectivity index is 1.41. The van der Waals surface area contributed by atoms with Crippen LogP contribution in [-0.2, 0) is 4.74 Å². The van der Waals surface area contributed by atoms with E-state index in [1.165, 1.54) is 64.2 Å². The molecule has 1 nitrogen and oxygen atoms in total. The number of epoxide rings is 1. The van der Waals surface area contributed by atoms with Gasteiger partial charge >= 0.3 is 0 Å². The maximum Gasteiger partial charge on any atom is 0.0810 e. The first-order valence-electron chi connectivity index (χ1n) is 6.57. The monoisotopic (exact) mass is 196 g/mol. The van der Waals surface area contributed by atoms with Crippen LogP contribution in [-0.4, -0.2) is 12.7 Å². The third-order valence-corrected chi connectivity index (χ3v) is 3.77. The summed E-state index contributed by atoms with van der Waals surface area (Å²) in [6, 6.07) is 0. The summed E-state index contributed by atoms with van der Waals surface area (Å²) in [6.07, 6.45) is 15.3. The van der Waals surface area contributed by atoms with Crippen molar-refractivity contribution < 1.29 is 4.74 Å².